The first kappa shape index (κ1) is 13.6. The summed E-state index contributed by atoms with van der Waals surface area (Å²) in [5, 5.41) is 2.24. The SMILES string of the molecule is CC(C)(C)OCC(=O)Nc1cccc(F)c1F. The molecule has 5 heteroatoms. The monoisotopic (exact) mass is 243 g/mol. The minimum absolute atomic E-state index is 0.187. The molecule has 1 aromatic carbocycles. The Morgan fingerprint density at radius 3 is 2.59 bits per heavy atom. The van der Waals surface area contributed by atoms with Gasteiger partial charge < -0.3 is 10.1 Å². The summed E-state index contributed by atoms with van der Waals surface area (Å²) in [4.78, 5) is 11.4. The maximum absolute atomic E-state index is 13.2. The summed E-state index contributed by atoms with van der Waals surface area (Å²) in [5.74, 6) is -2.60. The van der Waals surface area contributed by atoms with Gasteiger partial charge in [0.2, 0.25) is 5.91 Å². The van der Waals surface area contributed by atoms with E-state index in [0.717, 1.165) is 6.07 Å². The van der Waals surface area contributed by atoms with Crippen LogP contribution in [0.3, 0.4) is 0 Å². The fraction of sp³-hybridized carbons (Fsp3) is 0.417. The van der Waals surface area contributed by atoms with E-state index in [9.17, 15) is 13.6 Å². The zero-order valence-corrected chi connectivity index (χ0v) is 10.0. The number of ether oxygens (including phenoxy) is 1. The molecule has 1 aromatic rings. The van der Waals surface area contributed by atoms with Crippen molar-refractivity contribution in [3.05, 3.63) is 29.8 Å². The van der Waals surface area contributed by atoms with Crippen LogP contribution in [0.15, 0.2) is 18.2 Å². The van der Waals surface area contributed by atoms with Gasteiger partial charge in [-0.3, -0.25) is 4.79 Å². The molecule has 0 unspecified atom stereocenters. The molecule has 0 aromatic heterocycles. The molecule has 0 heterocycles. The summed E-state index contributed by atoms with van der Waals surface area (Å²) in [5.41, 5.74) is -0.648. The molecule has 94 valence electrons. The quantitative estimate of drug-likeness (QED) is 0.886. The Morgan fingerprint density at radius 2 is 2.00 bits per heavy atom. The Labute approximate surface area is 98.8 Å². The Kier molecular flexibility index (Phi) is 4.17. The first-order valence-electron chi connectivity index (χ1n) is 5.17. The molecule has 1 N–H and O–H groups in total. The molecule has 0 aliphatic carbocycles. The molecule has 1 rings (SSSR count). The van der Waals surface area contributed by atoms with Crippen LogP contribution in [0.4, 0.5) is 14.5 Å². The third-order valence-electron chi connectivity index (χ3n) is 1.86. The molecule has 0 atom stereocenters. The van der Waals surface area contributed by atoms with Crippen LogP contribution in [0.5, 0.6) is 0 Å². The zero-order valence-electron chi connectivity index (χ0n) is 10.0. The number of halogens is 2. The number of hydrogen-bond acceptors (Lipinski definition) is 2. The smallest absolute Gasteiger partial charge is 0.250 e. The molecule has 0 aliphatic rings. The number of nitrogens with one attached hydrogen (secondary N) is 1. The molecule has 0 spiro atoms. The summed E-state index contributed by atoms with van der Waals surface area (Å²) in [6.45, 7) is 5.18. The van der Waals surface area contributed by atoms with Crippen molar-refractivity contribution in [3.63, 3.8) is 0 Å². The molecule has 17 heavy (non-hydrogen) atoms. The van der Waals surface area contributed by atoms with E-state index in [4.69, 9.17) is 4.74 Å². The molecular formula is C12H15F2NO2. The van der Waals surface area contributed by atoms with Crippen LogP contribution in [0, 0.1) is 11.6 Å². The van der Waals surface area contributed by atoms with Gasteiger partial charge in [0, 0.05) is 0 Å². The van der Waals surface area contributed by atoms with E-state index < -0.39 is 23.1 Å². The lowest BCUT2D eigenvalue weighted by molar-refractivity contribution is -0.125. The number of carbonyl (C=O) groups excluding carboxylic acids is 1. The van der Waals surface area contributed by atoms with Crippen molar-refractivity contribution >= 4 is 11.6 Å². The minimum atomic E-state index is -1.07. The number of anilines is 1. The van der Waals surface area contributed by atoms with E-state index in [0.29, 0.717) is 0 Å². The predicted octanol–water partition coefficient (Wildman–Crippen LogP) is 2.72. The van der Waals surface area contributed by atoms with Crippen molar-refractivity contribution in [1.82, 2.24) is 0 Å². The normalized spacial score (nSPS) is 11.4. The topological polar surface area (TPSA) is 38.3 Å². The van der Waals surface area contributed by atoms with Gasteiger partial charge in [-0.25, -0.2) is 8.78 Å². The fourth-order valence-corrected chi connectivity index (χ4v) is 1.07. The summed E-state index contributed by atoms with van der Waals surface area (Å²) >= 11 is 0. The first-order valence-corrected chi connectivity index (χ1v) is 5.17. The lowest BCUT2D eigenvalue weighted by Crippen LogP contribution is -2.27. The summed E-state index contributed by atoms with van der Waals surface area (Å²) < 4.78 is 31.3. The van der Waals surface area contributed by atoms with Gasteiger partial charge in [0.15, 0.2) is 11.6 Å². The molecule has 3 nitrogen and oxygen atoms in total. The second kappa shape index (κ2) is 5.23. The van der Waals surface area contributed by atoms with Gasteiger partial charge in [-0.1, -0.05) is 6.07 Å². The highest BCUT2D eigenvalue weighted by atomic mass is 19.2. The highest BCUT2D eigenvalue weighted by Gasteiger charge is 2.15. The van der Waals surface area contributed by atoms with Crippen molar-refractivity contribution in [2.45, 2.75) is 26.4 Å². The number of carbonyl (C=O) groups is 1. The fourth-order valence-electron chi connectivity index (χ4n) is 1.07. The van der Waals surface area contributed by atoms with Crippen molar-refractivity contribution in [2.24, 2.45) is 0 Å². The lowest BCUT2D eigenvalue weighted by Gasteiger charge is -2.19. The molecule has 1 amide bonds. The third kappa shape index (κ3) is 4.48. The summed E-state index contributed by atoms with van der Waals surface area (Å²) in [6, 6.07) is 3.59. The lowest BCUT2D eigenvalue weighted by atomic mass is 10.2. The Bertz CT molecular complexity index is 413. The van der Waals surface area contributed by atoms with Crippen LogP contribution < -0.4 is 5.32 Å². The number of hydrogen-bond donors (Lipinski definition) is 1. The van der Waals surface area contributed by atoms with Crippen LogP contribution >= 0.6 is 0 Å². The van der Waals surface area contributed by atoms with E-state index in [2.05, 4.69) is 5.32 Å². The van der Waals surface area contributed by atoms with Gasteiger partial charge in [-0.05, 0) is 32.9 Å². The number of amides is 1. The first-order chi connectivity index (χ1) is 7.79. The maximum atomic E-state index is 13.2. The van der Waals surface area contributed by atoms with Gasteiger partial charge in [0.25, 0.3) is 0 Å². The highest BCUT2D eigenvalue weighted by Crippen LogP contribution is 2.16. The van der Waals surface area contributed by atoms with E-state index in [1.165, 1.54) is 12.1 Å². The van der Waals surface area contributed by atoms with E-state index in [-0.39, 0.29) is 12.3 Å². The molecule has 0 radical (unpaired) electrons. The summed E-state index contributed by atoms with van der Waals surface area (Å²) in [6.07, 6.45) is 0. The number of rotatable bonds is 3. The Morgan fingerprint density at radius 1 is 1.35 bits per heavy atom. The third-order valence-corrected chi connectivity index (χ3v) is 1.86. The highest BCUT2D eigenvalue weighted by molar-refractivity contribution is 5.91. The van der Waals surface area contributed by atoms with Crippen LogP contribution in [-0.2, 0) is 9.53 Å². The van der Waals surface area contributed by atoms with Crippen LogP contribution in [-0.4, -0.2) is 18.1 Å². The van der Waals surface area contributed by atoms with Gasteiger partial charge in [0.1, 0.15) is 6.61 Å². The standard InChI is InChI=1S/C12H15F2NO2/c1-12(2,3)17-7-10(16)15-9-6-4-5-8(13)11(9)14/h4-6H,7H2,1-3H3,(H,15,16). The average molecular weight is 243 g/mol. The molecule has 0 aliphatic heterocycles. The van der Waals surface area contributed by atoms with Crippen LogP contribution in [0.25, 0.3) is 0 Å². The van der Waals surface area contributed by atoms with E-state index in [1.54, 1.807) is 20.8 Å². The van der Waals surface area contributed by atoms with Crippen molar-refractivity contribution in [3.8, 4) is 0 Å². The molecule has 0 fully saturated rings. The van der Waals surface area contributed by atoms with E-state index >= 15 is 0 Å². The molecular weight excluding hydrogens is 228 g/mol. The molecule has 0 saturated carbocycles. The summed E-state index contributed by atoms with van der Waals surface area (Å²) in [7, 11) is 0. The second-order valence-corrected chi connectivity index (χ2v) is 4.55. The maximum Gasteiger partial charge on any atom is 0.250 e. The van der Waals surface area contributed by atoms with Gasteiger partial charge in [-0.15, -0.1) is 0 Å². The largest absolute Gasteiger partial charge is 0.366 e. The van der Waals surface area contributed by atoms with Crippen LogP contribution in [0.2, 0.25) is 0 Å². The average Bonchev–Trinajstić information content (AvgIpc) is 2.21. The van der Waals surface area contributed by atoms with Gasteiger partial charge in [-0.2, -0.15) is 0 Å². The van der Waals surface area contributed by atoms with Crippen molar-refractivity contribution in [2.75, 3.05) is 11.9 Å². The predicted molar refractivity (Wildman–Crippen MR) is 60.7 cm³/mol. The molecule has 0 bridgehead atoms. The van der Waals surface area contributed by atoms with Gasteiger partial charge in [0.05, 0.1) is 11.3 Å². The minimum Gasteiger partial charge on any atom is -0.366 e. The van der Waals surface area contributed by atoms with Crippen LogP contribution in [0.1, 0.15) is 20.8 Å². The van der Waals surface area contributed by atoms with E-state index in [1.807, 2.05) is 0 Å². The van der Waals surface area contributed by atoms with Gasteiger partial charge >= 0.3 is 0 Å². The van der Waals surface area contributed by atoms with Crippen molar-refractivity contribution in [1.29, 1.82) is 0 Å². The molecule has 0 saturated heterocycles. The number of benzene rings is 1. The zero-order chi connectivity index (χ0) is 13.1. The van der Waals surface area contributed by atoms with Crippen molar-refractivity contribution < 1.29 is 18.3 Å². The Balaban J connectivity index is 2.60. The Hall–Kier alpha value is -1.49. The second-order valence-electron chi connectivity index (χ2n) is 4.55.